The van der Waals surface area contributed by atoms with Gasteiger partial charge in [0, 0.05) is 16.7 Å². The molecule has 0 bridgehead atoms. The maximum Gasteiger partial charge on any atom is 0.261 e. The Morgan fingerprint density at radius 3 is 2.54 bits per heavy atom. The first kappa shape index (κ1) is 20.8. The maximum atomic E-state index is 12.5. The summed E-state index contributed by atoms with van der Waals surface area (Å²) < 4.78 is 6.04. The van der Waals surface area contributed by atoms with E-state index >= 15 is 0 Å². The summed E-state index contributed by atoms with van der Waals surface area (Å²) in [7, 11) is 1.53. The lowest BCUT2D eigenvalue weighted by molar-refractivity contribution is 0.0974. The molecule has 1 aliphatic heterocycles. The quantitative estimate of drug-likeness (QED) is 0.638. The number of carbonyl (C=O) groups is 1. The van der Waals surface area contributed by atoms with Crippen LogP contribution in [0.2, 0.25) is 0 Å². The van der Waals surface area contributed by atoms with Crippen molar-refractivity contribution in [3.05, 3.63) is 58.1 Å². The first-order chi connectivity index (χ1) is 13.5. The average Bonchev–Trinajstić information content (AvgIpc) is 2.70. The fraction of sp³-hybridized carbons (Fsp3) is 0.333. The highest BCUT2D eigenvalue weighted by molar-refractivity contribution is 9.10. The molecule has 2 aromatic rings. The second-order valence-electron chi connectivity index (χ2n) is 6.79. The molecule has 148 valence electrons. The van der Waals surface area contributed by atoms with Crippen LogP contribution >= 0.6 is 28.1 Å². The Labute approximate surface area is 179 Å². The van der Waals surface area contributed by atoms with Crippen molar-refractivity contribution in [3.8, 4) is 5.75 Å². The number of methoxy groups -OCH3 is 1. The fourth-order valence-corrected chi connectivity index (χ4v) is 3.83. The zero-order chi connectivity index (χ0) is 19.9. The molecule has 1 aliphatic rings. The number of likely N-dealkylation sites (tertiary alicyclic amines) is 1. The van der Waals surface area contributed by atoms with Crippen LogP contribution in [0.3, 0.4) is 0 Å². The average molecular weight is 462 g/mol. The van der Waals surface area contributed by atoms with E-state index in [0.29, 0.717) is 11.3 Å². The highest BCUT2D eigenvalue weighted by atomic mass is 79.9. The van der Waals surface area contributed by atoms with Crippen molar-refractivity contribution < 1.29 is 9.53 Å². The number of amides is 1. The Hall–Kier alpha value is -1.96. The van der Waals surface area contributed by atoms with E-state index in [0.717, 1.165) is 16.7 Å². The summed E-state index contributed by atoms with van der Waals surface area (Å²) in [5, 5.41) is 6.00. The molecule has 28 heavy (non-hydrogen) atoms. The summed E-state index contributed by atoms with van der Waals surface area (Å²) in [4.78, 5) is 15.0. The minimum Gasteiger partial charge on any atom is -0.496 e. The summed E-state index contributed by atoms with van der Waals surface area (Å²) in [6, 6.07) is 13.4. The van der Waals surface area contributed by atoms with Gasteiger partial charge in [-0.25, -0.2) is 0 Å². The van der Waals surface area contributed by atoms with Gasteiger partial charge in [-0.1, -0.05) is 34.5 Å². The Bertz CT molecular complexity index is 836. The minimum atomic E-state index is -0.322. The van der Waals surface area contributed by atoms with Crippen molar-refractivity contribution in [2.75, 3.05) is 25.5 Å². The van der Waals surface area contributed by atoms with Crippen LogP contribution in [-0.4, -0.2) is 36.1 Å². The van der Waals surface area contributed by atoms with Gasteiger partial charge in [-0.3, -0.25) is 15.0 Å². The third kappa shape index (κ3) is 5.77. The van der Waals surface area contributed by atoms with Crippen molar-refractivity contribution in [1.82, 2.24) is 10.2 Å². The van der Waals surface area contributed by atoms with Gasteiger partial charge in [0.1, 0.15) is 5.75 Å². The number of hydrogen-bond donors (Lipinski definition) is 2. The molecule has 1 amide bonds. The summed E-state index contributed by atoms with van der Waals surface area (Å²) in [5.74, 6) is 0.169. The number of thiocarbonyl (C=S) groups is 1. The largest absolute Gasteiger partial charge is 0.496 e. The Kier molecular flexibility index (Phi) is 7.42. The molecule has 0 aromatic heterocycles. The molecule has 3 rings (SSSR count). The number of hydrogen-bond acceptors (Lipinski definition) is 4. The number of rotatable bonds is 5. The van der Waals surface area contributed by atoms with Crippen molar-refractivity contribution >= 4 is 44.9 Å². The molecular formula is C21H24BrN3O2S. The van der Waals surface area contributed by atoms with Crippen LogP contribution in [0.4, 0.5) is 5.69 Å². The third-order valence-electron chi connectivity index (χ3n) is 4.70. The smallest absolute Gasteiger partial charge is 0.261 e. The molecule has 0 saturated carbocycles. The molecule has 0 aliphatic carbocycles. The monoisotopic (exact) mass is 461 g/mol. The van der Waals surface area contributed by atoms with Gasteiger partial charge < -0.3 is 10.1 Å². The number of nitrogens with zero attached hydrogens (tertiary/aromatic N) is 1. The van der Waals surface area contributed by atoms with E-state index in [2.05, 4.69) is 43.6 Å². The van der Waals surface area contributed by atoms with E-state index in [1.807, 2.05) is 18.2 Å². The molecule has 1 fully saturated rings. The predicted octanol–water partition coefficient (Wildman–Crippen LogP) is 4.57. The summed E-state index contributed by atoms with van der Waals surface area (Å²) in [6.07, 6.45) is 3.92. The Morgan fingerprint density at radius 2 is 1.86 bits per heavy atom. The zero-order valence-electron chi connectivity index (χ0n) is 15.8. The summed E-state index contributed by atoms with van der Waals surface area (Å²) in [6.45, 7) is 3.33. The molecule has 0 radical (unpaired) electrons. The molecule has 1 heterocycles. The Morgan fingerprint density at radius 1 is 1.14 bits per heavy atom. The maximum absolute atomic E-state index is 12.5. The van der Waals surface area contributed by atoms with Crippen molar-refractivity contribution in [2.45, 2.75) is 25.8 Å². The first-order valence-corrected chi connectivity index (χ1v) is 10.5. The van der Waals surface area contributed by atoms with Gasteiger partial charge in [0.2, 0.25) is 0 Å². The van der Waals surface area contributed by atoms with Crippen LogP contribution in [-0.2, 0) is 6.54 Å². The van der Waals surface area contributed by atoms with Crippen LogP contribution in [0.5, 0.6) is 5.75 Å². The topological polar surface area (TPSA) is 53.6 Å². The molecule has 2 N–H and O–H groups in total. The predicted molar refractivity (Wildman–Crippen MR) is 120 cm³/mol. The van der Waals surface area contributed by atoms with Gasteiger partial charge in [-0.2, -0.15) is 0 Å². The number of halogens is 1. The second kappa shape index (κ2) is 10.0. The number of piperidine rings is 1. The standard InChI is InChI=1S/C21H24BrN3O2S/c1-27-19-10-7-16(22)13-18(19)20(26)24-21(28)23-17-8-5-15(6-9-17)14-25-11-3-2-4-12-25/h5-10,13H,2-4,11-12,14H2,1H3,(H2,23,24,26,28). The molecule has 0 unspecified atom stereocenters. The number of ether oxygens (including phenoxy) is 1. The number of carbonyl (C=O) groups excluding carboxylic acids is 1. The van der Waals surface area contributed by atoms with E-state index in [1.165, 1.54) is 45.0 Å². The lowest BCUT2D eigenvalue weighted by Gasteiger charge is -2.26. The summed E-state index contributed by atoms with van der Waals surface area (Å²) in [5.41, 5.74) is 2.54. The zero-order valence-corrected chi connectivity index (χ0v) is 18.2. The molecule has 0 atom stereocenters. The van der Waals surface area contributed by atoms with Gasteiger partial charge in [0.15, 0.2) is 5.11 Å². The highest BCUT2D eigenvalue weighted by Crippen LogP contribution is 2.23. The van der Waals surface area contributed by atoms with E-state index in [1.54, 1.807) is 12.1 Å². The van der Waals surface area contributed by atoms with Crippen LogP contribution < -0.4 is 15.4 Å². The van der Waals surface area contributed by atoms with Crippen molar-refractivity contribution in [2.24, 2.45) is 0 Å². The first-order valence-electron chi connectivity index (χ1n) is 9.32. The summed E-state index contributed by atoms with van der Waals surface area (Å²) >= 11 is 8.65. The molecule has 0 spiro atoms. The van der Waals surface area contributed by atoms with Gasteiger partial charge in [0.05, 0.1) is 12.7 Å². The van der Waals surface area contributed by atoms with Crippen LogP contribution in [0.1, 0.15) is 35.2 Å². The minimum absolute atomic E-state index is 0.246. The van der Waals surface area contributed by atoms with Crippen molar-refractivity contribution in [1.29, 1.82) is 0 Å². The second-order valence-corrected chi connectivity index (χ2v) is 8.11. The Balaban J connectivity index is 1.55. The van der Waals surface area contributed by atoms with Gasteiger partial charge in [0.25, 0.3) is 5.91 Å². The molecule has 7 heteroatoms. The molecule has 5 nitrogen and oxygen atoms in total. The molecule has 2 aromatic carbocycles. The SMILES string of the molecule is COc1ccc(Br)cc1C(=O)NC(=S)Nc1ccc(CN2CCCCC2)cc1. The normalized spacial score (nSPS) is 14.4. The molecule has 1 saturated heterocycles. The van der Waals surface area contributed by atoms with Crippen LogP contribution in [0, 0.1) is 0 Å². The number of anilines is 1. The third-order valence-corrected chi connectivity index (χ3v) is 5.40. The van der Waals surface area contributed by atoms with E-state index in [-0.39, 0.29) is 11.0 Å². The highest BCUT2D eigenvalue weighted by Gasteiger charge is 2.14. The number of benzene rings is 2. The van der Waals surface area contributed by atoms with Gasteiger partial charge in [-0.15, -0.1) is 0 Å². The van der Waals surface area contributed by atoms with E-state index in [4.69, 9.17) is 17.0 Å². The lowest BCUT2D eigenvalue weighted by Crippen LogP contribution is -2.34. The van der Waals surface area contributed by atoms with Gasteiger partial charge >= 0.3 is 0 Å². The van der Waals surface area contributed by atoms with E-state index < -0.39 is 0 Å². The van der Waals surface area contributed by atoms with Crippen LogP contribution in [0.25, 0.3) is 0 Å². The lowest BCUT2D eigenvalue weighted by atomic mass is 10.1. The van der Waals surface area contributed by atoms with E-state index in [9.17, 15) is 4.79 Å². The molecular weight excluding hydrogens is 438 g/mol. The fourth-order valence-electron chi connectivity index (χ4n) is 3.26. The number of nitrogens with one attached hydrogen (secondary N) is 2. The van der Waals surface area contributed by atoms with Gasteiger partial charge in [-0.05, 0) is 74.0 Å². The van der Waals surface area contributed by atoms with Crippen LogP contribution in [0.15, 0.2) is 46.9 Å². The van der Waals surface area contributed by atoms with Crippen molar-refractivity contribution in [3.63, 3.8) is 0 Å².